The number of benzene rings is 1. The Labute approximate surface area is 81.0 Å². The molecule has 1 fully saturated rings. The van der Waals surface area contributed by atoms with Crippen LogP contribution < -0.4 is 10.6 Å². The minimum Gasteiger partial charge on any atom is -0.508 e. The topological polar surface area (TPSA) is 84.8 Å². The fourth-order valence-electron chi connectivity index (χ4n) is 1.53. The van der Waals surface area contributed by atoms with Gasteiger partial charge in [0.1, 0.15) is 12.0 Å². The Morgan fingerprint density at radius 2 is 1.64 bits per heavy atom. The van der Waals surface area contributed by atoms with Gasteiger partial charge in [-0.3, -0.25) is 10.6 Å². The highest BCUT2D eigenvalue weighted by Crippen LogP contribution is 2.22. The number of aliphatic hydroxyl groups is 2. The molecule has 1 aromatic rings. The molecule has 5 heteroatoms. The third-order valence-electron chi connectivity index (χ3n) is 2.23. The van der Waals surface area contributed by atoms with Crippen molar-refractivity contribution in [3.05, 3.63) is 29.8 Å². The van der Waals surface area contributed by atoms with Crippen LogP contribution in [0.25, 0.3) is 0 Å². The maximum absolute atomic E-state index is 9.49. The summed E-state index contributed by atoms with van der Waals surface area (Å²) in [5, 5.41) is 33.0. The Balaban J connectivity index is 2.19. The molecule has 0 radical (unpaired) electrons. The van der Waals surface area contributed by atoms with Gasteiger partial charge in [-0.2, -0.15) is 0 Å². The molecule has 76 valence electrons. The van der Waals surface area contributed by atoms with Crippen LogP contribution in [0.2, 0.25) is 0 Å². The number of nitrogens with one attached hydrogen (secondary N) is 2. The van der Waals surface area contributed by atoms with Gasteiger partial charge in [-0.05, 0) is 17.7 Å². The predicted octanol–water partition coefficient (Wildman–Crippen LogP) is -0.780. The molecule has 1 aliphatic rings. The minimum atomic E-state index is -0.899. The Bertz CT molecular complexity index is 314. The fraction of sp³-hybridized carbons (Fsp3) is 0.333. The van der Waals surface area contributed by atoms with E-state index in [1.807, 2.05) is 0 Å². The average molecular weight is 196 g/mol. The highest BCUT2D eigenvalue weighted by Gasteiger charge is 2.31. The molecule has 0 saturated carbocycles. The summed E-state index contributed by atoms with van der Waals surface area (Å²) in [5.74, 6) is 0.176. The summed E-state index contributed by atoms with van der Waals surface area (Å²) >= 11 is 0. The number of rotatable bonds is 1. The van der Waals surface area contributed by atoms with E-state index >= 15 is 0 Å². The maximum Gasteiger partial charge on any atom is 0.163 e. The number of phenols is 1. The molecule has 2 rings (SSSR count). The molecule has 1 aromatic carbocycles. The number of hydrogen-bond acceptors (Lipinski definition) is 5. The van der Waals surface area contributed by atoms with Crippen molar-refractivity contribution in [2.45, 2.75) is 18.6 Å². The van der Waals surface area contributed by atoms with E-state index in [4.69, 9.17) is 10.2 Å². The van der Waals surface area contributed by atoms with Crippen LogP contribution >= 0.6 is 0 Å². The summed E-state index contributed by atoms with van der Waals surface area (Å²) < 4.78 is 0. The Kier molecular flexibility index (Phi) is 2.39. The number of aromatic hydroxyl groups is 1. The first kappa shape index (κ1) is 9.42. The summed E-state index contributed by atoms with van der Waals surface area (Å²) in [7, 11) is 0. The van der Waals surface area contributed by atoms with Crippen molar-refractivity contribution in [1.82, 2.24) is 10.6 Å². The second-order valence-electron chi connectivity index (χ2n) is 3.25. The van der Waals surface area contributed by atoms with Gasteiger partial charge in [-0.1, -0.05) is 12.1 Å². The normalized spacial score (nSPS) is 32.0. The molecule has 0 aromatic heterocycles. The van der Waals surface area contributed by atoms with E-state index in [-0.39, 0.29) is 11.8 Å². The zero-order valence-electron chi connectivity index (χ0n) is 7.38. The van der Waals surface area contributed by atoms with Gasteiger partial charge in [0.25, 0.3) is 0 Å². The van der Waals surface area contributed by atoms with Gasteiger partial charge in [-0.25, -0.2) is 0 Å². The lowest BCUT2D eigenvalue weighted by Crippen LogP contribution is -2.32. The van der Waals surface area contributed by atoms with Crippen LogP contribution in [0.5, 0.6) is 5.75 Å². The molecule has 5 N–H and O–H groups in total. The number of phenolic OH excluding ortho intramolecular Hbond substituents is 1. The highest BCUT2D eigenvalue weighted by molar-refractivity contribution is 5.29. The molecule has 3 unspecified atom stereocenters. The summed E-state index contributed by atoms with van der Waals surface area (Å²) in [6.07, 6.45) is -1.72. The highest BCUT2D eigenvalue weighted by atomic mass is 16.3. The van der Waals surface area contributed by atoms with Crippen LogP contribution in [0, 0.1) is 0 Å². The monoisotopic (exact) mass is 196 g/mol. The van der Waals surface area contributed by atoms with E-state index in [2.05, 4.69) is 10.6 Å². The molecule has 5 nitrogen and oxygen atoms in total. The van der Waals surface area contributed by atoms with Crippen molar-refractivity contribution in [2.75, 3.05) is 0 Å². The zero-order chi connectivity index (χ0) is 10.1. The van der Waals surface area contributed by atoms with E-state index in [1.165, 1.54) is 12.1 Å². The van der Waals surface area contributed by atoms with Gasteiger partial charge in [0, 0.05) is 0 Å². The first-order valence-electron chi connectivity index (χ1n) is 4.34. The van der Waals surface area contributed by atoms with E-state index in [1.54, 1.807) is 12.1 Å². The number of hydrogen-bond donors (Lipinski definition) is 5. The second-order valence-corrected chi connectivity index (χ2v) is 3.25. The molecular weight excluding hydrogens is 184 g/mol. The third-order valence-corrected chi connectivity index (χ3v) is 2.23. The van der Waals surface area contributed by atoms with Crippen LogP contribution in [-0.4, -0.2) is 27.9 Å². The van der Waals surface area contributed by atoms with Crippen molar-refractivity contribution >= 4 is 0 Å². The molecule has 14 heavy (non-hydrogen) atoms. The van der Waals surface area contributed by atoms with Gasteiger partial charge in [0.15, 0.2) is 6.35 Å². The second kappa shape index (κ2) is 3.55. The summed E-state index contributed by atoms with van der Waals surface area (Å²) in [6.45, 7) is 0. The van der Waals surface area contributed by atoms with Crippen LogP contribution in [0.15, 0.2) is 24.3 Å². The SMILES string of the molecule is Oc1ccc(C2NC(O)NC2O)cc1. The van der Waals surface area contributed by atoms with E-state index in [0.29, 0.717) is 0 Å². The molecular formula is C9H12N2O3. The van der Waals surface area contributed by atoms with Crippen LogP contribution in [0.3, 0.4) is 0 Å². The molecule has 1 heterocycles. The van der Waals surface area contributed by atoms with Crippen molar-refractivity contribution in [3.63, 3.8) is 0 Å². The van der Waals surface area contributed by atoms with Crippen molar-refractivity contribution in [1.29, 1.82) is 0 Å². The molecule has 3 atom stereocenters. The molecule has 0 aliphatic carbocycles. The quantitative estimate of drug-likeness (QED) is 0.407. The third kappa shape index (κ3) is 1.71. The molecule has 0 bridgehead atoms. The summed E-state index contributed by atoms with van der Waals surface area (Å²) in [5.41, 5.74) is 0.805. The van der Waals surface area contributed by atoms with Crippen LogP contribution in [-0.2, 0) is 0 Å². The largest absolute Gasteiger partial charge is 0.508 e. The number of aliphatic hydroxyl groups excluding tert-OH is 2. The molecule has 1 aliphatic heterocycles. The fourth-order valence-corrected chi connectivity index (χ4v) is 1.53. The van der Waals surface area contributed by atoms with Gasteiger partial charge in [0.2, 0.25) is 0 Å². The van der Waals surface area contributed by atoms with Crippen molar-refractivity contribution in [3.8, 4) is 5.75 Å². The van der Waals surface area contributed by atoms with Crippen molar-refractivity contribution in [2.24, 2.45) is 0 Å². The lowest BCUT2D eigenvalue weighted by atomic mass is 10.1. The summed E-state index contributed by atoms with van der Waals surface area (Å²) in [6, 6.07) is 6.10. The van der Waals surface area contributed by atoms with Crippen LogP contribution in [0.1, 0.15) is 11.6 Å². The zero-order valence-corrected chi connectivity index (χ0v) is 7.38. The molecule has 1 saturated heterocycles. The first-order valence-corrected chi connectivity index (χ1v) is 4.34. The maximum atomic E-state index is 9.49. The predicted molar refractivity (Wildman–Crippen MR) is 49.1 cm³/mol. The Morgan fingerprint density at radius 1 is 1.00 bits per heavy atom. The van der Waals surface area contributed by atoms with E-state index < -0.39 is 12.6 Å². The average Bonchev–Trinajstić information content (AvgIpc) is 2.47. The smallest absolute Gasteiger partial charge is 0.163 e. The Morgan fingerprint density at radius 3 is 2.14 bits per heavy atom. The lowest BCUT2D eigenvalue weighted by molar-refractivity contribution is 0.0904. The van der Waals surface area contributed by atoms with Crippen LogP contribution in [0.4, 0.5) is 0 Å². The van der Waals surface area contributed by atoms with Gasteiger partial charge in [0.05, 0.1) is 6.04 Å². The standard InChI is InChI=1S/C9H12N2O3/c12-6-3-1-5(2-4-6)7-8(13)11-9(14)10-7/h1-4,7-14H. The van der Waals surface area contributed by atoms with E-state index in [0.717, 1.165) is 5.56 Å². The summed E-state index contributed by atoms with van der Waals surface area (Å²) in [4.78, 5) is 0. The molecule has 0 amide bonds. The first-order chi connectivity index (χ1) is 6.66. The minimum absolute atomic E-state index is 0.176. The molecule has 0 spiro atoms. The van der Waals surface area contributed by atoms with Gasteiger partial charge in [-0.15, -0.1) is 0 Å². The van der Waals surface area contributed by atoms with E-state index in [9.17, 15) is 5.11 Å². The van der Waals surface area contributed by atoms with Gasteiger partial charge < -0.3 is 15.3 Å². The van der Waals surface area contributed by atoms with Gasteiger partial charge >= 0.3 is 0 Å². The Hall–Kier alpha value is -1.14. The lowest BCUT2D eigenvalue weighted by Gasteiger charge is -2.13. The van der Waals surface area contributed by atoms with Crippen molar-refractivity contribution < 1.29 is 15.3 Å².